The summed E-state index contributed by atoms with van der Waals surface area (Å²) >= 11 is 5.87. The van der Waals surface area contributed by atoms with E-state index in [-0.39, 0.29) is 5.69 Å². The van der Waals surface area contributed by atoms with Gasteiger partial charge in [0.1, 0.15) is 11.4 Å². The van der Waals surface area contributed by atoms with Gasteiger partial charge in [-0.05, 0) is 17.7 Å². The lowest BCUT2D eigenvalue weighted by atomic mass is 10.1. The molecule has 1 heterocycles. The second-order valence-corrected chi connectivity index (χ2v) is 5.75. The minimum Gasteiger partial charge on any atom is -0.394 e. The highest BCUT2D eigenvalue weighted by Crippen LogP contribution is 2.19. The number of hydrogen-bond donors (Lipinski definition) is 1. The number of rotatable bonds is 3. The molecule has 1 aliphatic rings. The van der Waals surface area contributed by atoms with Crippen LogP contribution in [0, 0.1) is 0 Å². The van der Waals surface area contributed by atoms with Gasteiger partial charge >= 0.3 is 0 Å². The van der Waals surface area contributed by atoms with E-state index in [1.807, 2.05) is 29.2 Å². The van der Waals surface area contributed by atoms with Crippen molar-refractivity contribution in [3.05, 3.63) is 55.3 Å². The van der Waals surface area contributed by atoms with Gasteiger partial charge in [-0.2, -0.15) is 0 Å². The van der Waals surface area contributed by atoms with Crippen molar-refractivity contribution in [1.29, 1.82) is 0 Å². The van der Waals surface area contributed by atoms with Crippen LogP contribution >= 0.6 is 11.6 Å². The molecule has 2 aromatic carbocycles. The van der Waals surface area contributed by atoms with Gasteiger partial charge in [0.2, 0.25) is 0 Å². The molecule has 5 nitrogen and oxygen atoms in total. The number of nitrogens with two attached hydrogens (primary N) is 1. The molecule has 0 unspecified atom stereocenters. The fourth-order valence-electron chi connectivity index (χ4n) is 2.69. The van der Waals surface area contributed by atoms with Crippen molar-refractivity contribution in [3.63, 3.8) is 0 Å². The zero-order chi connectivity index (χ0) is 15.0. The highest BCUT2D eigenvalue weighted by molar-refractivity contribution is 6.30. The lowest BCUT2D eigenvalue weighted by Crippen LogP contribution is -2.51. The van der Waals surface area contributed by atoms with Crippen molar-refractivity contribution in [1.82, 2.24) is 4.90 Å². The number of piperazine rings is 1. The van der Waals surface area contributed by atoms with Gasteiger partial charge in [-0.3, -0.25) is 14.5 Å². The van der Waals surface area contributed by atoms with Crippen molar-refractivity contribution in [2.75, 3.05) is 36.8 Å². The van der Waals surface area contributed by atoms with Gasteiger partial charge in [-0.25, -0.2) is 0 Å². The molecule has 0 saturated carbocycles. The van der Waals surface area contributed by atoms with Crippen molar-refractivity contribution < 1.29 is 0 Å². The number of nitrogens with zero attached hydrogens (tertiary/aromatic N) is 2. The first-order chi connectivity index (χ1) is 10.1. The first-order valence-corrected chi connectivity index (χ1v) is 7.24. The highest BCUT2D eigenvalue weighted by atomic mass is 35.5. The number of halogens is 1. The Morgan fingerprint density at radius 3 is 2.19 bits per heavy atom. The van der Waals surface area contributed by atoms with Gasteiger partial charge in [0.25, 0.3) is 10.9 Å². The van der Waals surface area contributed by atoms with Gasteiger partial charge in [-0.15, -0.1) is 0 Å². The SMILES string of the molecule is Nc1c(N2CCN(Cc3ccc(Cl)cc3)CC2)c(=O)c1=O. The summed E-state index contributed by atoms with van der Waals surface area (Å²) < 4.78 is 0. The van der Waals surface area contributed by atoms with Crippen molar-refractivity contribution >= 4 is 23.0 Å². The third-order valence-electron chi connectivity index (χ3n) is 3.93. The van der Waals surface area contributed by atoms with Crippen LogP contribution in [0.25, 0.3) is 0 Å². The van der Waals surface area contributed by atoms with E-state index in [9.17, 15) is 9.59 Å². The van der Waals surface area contributed by atoms with Crippen LogP contribution in [0.4, 0.5) is 11.4 Å². The summed E-state index contributed by atoms with van der Waals surface area (Å²) in [6.45, 7) is 3.94. The molecule has 0 radical (unpaired) electrons. The molecule has 1 fully saturated rings. The highest BCUT2D eigenvalue weighted by Gasteiger charge is 2.26. The van der Waals surface area contributed by atoms with E-state index in [1.54, 1.807) is 0 Å². The molecule has 21 heavy (non-hydrogen) atoms. The average Bonchev–Trinajstić information content (AvgIpc) is 2.51. The lowest BCUT2D eigenvalue weighted by molar-refractivity contribution is 0.249. The Balaban J connectivity index is 1.59. The Hall–Kier alpha value is -1.85. The van der Waals surface area contributed by atoms with E-state index in [0.717, 1.165) is 24.7 Å². The summed E-state index contributed by atoms with van der Waals surface area (Å²) in [7, 11) is 0. The topological polar surface area (TPSA) is 66.6 Å². The van der Waals surface area contributed by atoms with E-state index >= 15 is 0 Å². The molecule has 0 bridgehead atoms. The van der Waals surface area contributed by atoms with Crippen LogP contribution in [0.5, 0.6) is 0 Å². The minimum absolute atomic E-state index is 0.117. The molecule has 6 heteroatoms. The monoisotopic (exact) mass is 305 g/mol. The average molecular weight is 306 g/mol. The maximum absolute atomic E-state index is 11.5. The Kier molecular flexibility index (Phi) is 3.69. The second kappa shape index (κ2) is 5.50. The van der Waals surface area contributed by atoms with E-state index in [2.05, 4.69) is 4.90 Å². The molecule has 110 valence electrons. The first kappa shape index (κ1) is 14.1. The van der Waals surface area contributed by atoms with Crippen LogP contribution in [0.3, 0.4) is 0 Å². The van der Waals surface area contributed by atoms with Crippen LogP contribution in [-0.2, 0) is 6.54 Å². The van der Waals surface area contributed by atoms with E-state index in [4.69, 9.17) is 17.3 Å². The molecule has 0 aliphatic carbocycles. The molecule has 2 N–H and O–H groups in total. The molecular formula is C15H16ClN3O2. The van der Waals surface area contributed by atoms with Crippen LogP contribution < -0.4 is 21.5 Å². The maximum atomic E-state index is 11.5. The van der Waals surface area contributed by atoms with E-state index in [0.29, 0.717) is 18.8 Å². The van der Waals surface area contributed by atoms with Crippen molar-refractivity contribution in [2.24, 2.45) is 0 Å². The minimum atomic E-state index is -0.548. The fourth-order valence-corrected chi connectivity index (χ4v) is 2.81. The largest absolute Gasteiger partial charge is 0.394 e. The van der Waals surface area contributed by atoms with Crippen LogP contribution in [-0.4, -0.2) is 31.1 Å². The number of benzene rings is 1. The van der Waals surface area contributed by atoms with Gasteiger partial charge in [-0.1, -0.05) is 23.7 Å². The zero-order valence-corrected chi connectivity index (χ0v) is 12.3. The van der Waals surface area contributed by atoms with Gasteiger partial charge in [0, 0.05) is 37.7 Å². The maximum Gasteiger partial charge on any atom is 0.253 e. The third-order valence-corrected chi connectivity index (χ3v) is 4.18. The van der Waals surface area contributed by atoms with Gasteiger partial charge in [0.15, 0.2) is 0 Å². The lowest BCUT2D eigenvalue weighted by Gasteiger charge is -2.36. The Morgan fingerprint density at radius 1 is 1.00 bits per heavy atom. The molecular weight excluding hydrogens is 290 g/mol. The smallest absolute Gasteiger partial charge is 0.253 e. The Morgan fingerprint density at radius 2 is 1.62 bits per heavy atom. The number of hydrogen-bond acceptors (Lipinski definition) is 5. The quantitative estimate of drug-likeness (QED) is 0.851. The van der Waals surface area contributed by atoms with Crippen LogP contribution in [0.1, 0.15) is 5.56 Å². The van der Waals surface area contributed by atoms with Crippen molar-refractivity contribution in [2.45, 2.75) is 6.54 Å². The van der Waals surface area contributed by atoms with E-state index in [1.165, 1.54) is 5.56 Å². The first-order valence-electron chi connectivity index (χ1n) is 6.87. The molecule has 0 spiro atoms. The molecule has 2 aromatic rings. The summed E-state index contributed by atoms with van der Waals surface area (Å²) in [6.07, 6.45) is 0. The fraction of sp³-hybridized carbons (Fsp3) is 0.333. The Labute approximate surface area is 127 Å². The molecule has 1 aliphatic heterocycles. The zero-order valence-electron chi connectivity index (χ0n) is 11.5. The molecule has 3 rings (SSSR count). The molecule has 0 amide bonds. The number of anilines is 2. The predicted octanol–water partition coefficient (Wildman–Crippen LogP) is 0.840. The summed E-state index contributed by atoms with van der Waals surface area (Å²) in [5, 5.41) is 0.735. The van der Waals surface area contributed by atoms with Crippen LogP contribution in [0.2, 0.25) is 5.02 Å². The standard InChI is InChI=1S/C15H16ClN3O2/c16-11-3-1-10(2-4-11)9-18-5-7-19(8-6-18)13-12(17)14(20)15(13)21/h1-4H,5-9,17H2. The molecule has 0 atom stereocenters. The van der Waals surface area contributed by atoms with Crippen LogP contribution in [0.15, 0.2) is 33.9 Å². The Bertz CT molecular complexity index is 711. The summed E-state index contributed by atoms with van der Waals surface area (Å²) in [6, 6.07) is 7.81. The second-order valence-electron chi connectivity index (χ2n) is 5.31. The predicted molar refractivity (Wildman–Crippen MR) is 84.7 cm³/mol. The van der Waals surface area contributed by atoms with Crippen molar-refractivity contribution in [3.8, 4) is 0 Å². The summed E-state index contributed by atoms with van der Waals surface area (Å²) in [5.41, 5.74) is 6.34. The van der Waals surface area contributed by atoms with Gasteiger partial charge in [0.05, 0.1) is 0 Å². The molecule has 1 saturated heterocycles. The molecule has 0 aromatic heterocycles. The number of nitrogen functional groups attached to an aromatic ring is 1. The van der Waals surface area contributed by atoms with Gasteiger partial charge < -0.3 is 10.6 Å². The summed E-state index contributed by atoms with van der Waals surface area (Å²) in [5.74, 6) is 0. The third kappa shape index (κ3) is 2.66. The summed E-state index contributed by atoms with van der Waals surface area (Å²) in [4.78, 5) is 26.9. The van der Waals surface area contributed by atoms with E-state index < -0.39 is 10.9 Å². The normalized spacial score (nSPS) is 16.5.